The molecule has 1 aromatic carbocycles. The van der Waals surface area contributed by atoms with Gasteiger partial charge in [-0.25, -0.2) is 0 Å². The molecule has 0 atom stereocenters. The Balaban J connectivity index is 1.95. The molecule has 0 amide bonds. The average Bonchev–Trinajstić information content (AvgIpc) is 3.20. The van der Waals surface area contributed by atoms with Crippen molar-refractivity contribution in [2.45, 2.75) is 40.5 Å². The molecule has 0 aliphatic heterocycles. The van der Waals surface area contributed by atoms with E-state index < -0.39 is 5.97 Å². The molecule has 2 heterocycles. The van der Waals surface area contributed by atoms with Crippen LogP contribution >= 0.6 is 11.3 Å². The van der Waals surface area contributed by atoms with Crippen LogP contribution in [0.4, 0.5) is 0 Å². The Morgan fingerprint density at radius 1 is 1.19 bits per heavy atom. The number of carboxylic acids is 1. The summed E-state index contributed by atoms with van der Waals surface area (Å²) in [7, 11) is 0. The Kier molecular flexibility index (Phi) is 5.23. The minimum atomic E-state index is -0.808. The van der Waals surface area contributed by atoms with Gasteiger partial charge in [-0.05, 0) is 74.1 Å². The predicted molar refractivity (Wildman–Crippen MR) is 103 cm³/mol. The summed E-state index contributed by atoms with van der Waals surface area (Å²) in [5, 5.41) is 13.0. The van der Waals surface area contributed by atoms with Crippen molar-refractivity contribution in [2.75, 3.05) is 0 Å². The molecule has 0 unspecified atom stereocenters. The smallest absolute Gasteiger partial charge is 0.303 e. The van der Waals surface area contributed by atoms with E-state index in [2.05, 4.69) is 10.1 Å². The zero-order valence-corrected chi connectivity index (χ0v) is 16.4. The number of nitrogens with zero attached hydrogens (tertiary/aromatic N) is 2. The van der Waals surface area contributed by atoms with Crippen molar-refractivity contribution >= 4 is 23.6 Å². The fourth-order valence-electron chi connectivity index (χ4n) is 3.12. The standard InChI is InChI=1S/C20H20N2O4S/c1-10-7-14(8-11(2)15(10)5-6-17(24)25)19-21-20(26-22-19)18-13(4)12(3)16(9-23)27-18/h7-9H,5-6H2,1-4H3,(H,24,25). The molecule has 1 N–H and O–H groups in total. The lowest BCUT2D eigenvalue weighted by Crippen LogP contribution is -2.01. The number of aryl methyl sites for hydroxylation is 2. The largest absolute Gasteiger partial charge is 0.481 e. The van der Waals surface area contributed by atoms with Gasteiger partial charge in [0.15, 0.2) is 6.29 Å². The van der Waals surface area contributed by atoms with Crippen LogP contribution in [0.15, 0.2) is 16.7 Å². The number of carboxylic acid groups (broad SMARTS) is 1. The van der Waals surface area contributed by atoms with E-state index in [1.54, 1.807) is 0 Å². The highest BCUT2D eigenvalue weighted by Crippen LogP contribution is 2.35. The molecular weight excluding hydrogens is 364 g/mol. The van der Waals surface area contributed by atoms with Crippen LogP contribution in [-0.4, -0.2) is 27.5 Å². The maximum absolute atomic E-state index is 11.2. The first-order chi connectivity index (χ1) is 12.8. The highest BCUT2D eigenvalue weighted by Gasteiger charge is 2.19. The maximum atomic E-state index is 11.2. The molecule has 6 nitrogen and oxygen atoms in total. The highest BCUT2D eigenvalue weighted by atomic mass is 32.1. The Morgan fingerprint density at radius 3 is 2.41 bits per heavy atom. The lowest BCUT2D eigenvalue weighted by Gasteiger charge is -2.10. The first kappa shape index (κ1) is 19.0. The fraction of sp³-hybridized carbons (Fsp3) is 0.300. The number of hydrogen-bond acceptors (Lipinski definition) is 6. The van der Waals surface area contributed by atoms with Crippen molar-refractivity contribution in [2.24, 2.45) is 0 Å². The summed E-state index contributed by atoms with van der Waals surface area (Å²) in [6, 6.07) is 3.89. The maximum Gasteiger partial charge on any atom is 0.303 e. The second-order valence-electron chi connectivity index (χ2n) is 6.57. The monoisotopic (exact) mass is 384 g/mol. The topological polar surface area (TPSA) is 93.3 Å². The number of thiophene rings is 1. The van der Waals surface area contributed by atoms with Gasteiger partial charge >= 0.3 is 5.97 Å². The highest BCUT2D eigenvalue weighted by molar-refractivity contribution is 7.17. The van der Waals surface area contributed by atoms with E-state index in [0.717, 1.165) is 44.5 Å². The number of aliphatic carboxylic acids is 1. The lowest BCUT2D eigenvalue weighted by atomic mass is 9.95. The van der Waals surface area contributed by atoms with Crippen LogP contribution < -0.4 is 0 Å². The van der Waals surface area contributed by atoms with Gasteiger partial charge in [-0.3, -0.25) is 9.59 Å². The molecule has 3 aromatic rings. The molecule has 140 valence electrons. The summed E-state index contributed by atoms with van der Waals surface area (Å²) < 4.78 is 5.44. The van der Waals surface area contributed by atoms with E-state index in [1.807, 2.05) is 39.8 Å². The molecule has 0 spiro atoms. The van der Waals surface area contributed by atoms with Crippen molar-refractivity contribution < 1.29 is 19.2 Å². The minimum Gasteiger partial charge on any atom is -0.481 e. The van der Waals surface area contributed by atoms with Gasteiger partial charge in [-0.1, -0.05) is 5.16 Å². The fourth-order valence-corrected chi connectivity index (χ4v) is 4.17. The number of benzene rings is 1. The van der Waals surface area contributed by atoms with E-state index in [0.29, 0.717) is 23.0 Å². The van der Waals surface area contributed by atoms with E-state index in [-0.39, 0.29) is 6.42 Å². The van der Waals surface area contributed by atoms with Gasteiger partial charge < -0.3 is 9.63 Å². The molecule has 0 saturated carbocycles. The Morgan fingerprint density at radius 2 is 1.85 bits per heavy atom. The van der Waals surface area contributed by atoms with E-state index in [9.17, 15) is 9.59 Å². The van der Waals surface area contributed by atoms with Gasteiger partial charge in [0, 0.05) is 12.0 Å². The quantitative estimate of drug-likeness (QED) is 0.628. The zero-order valence-electron chi connectivity index (χ0n) is 15.6. The van der Waals surface area contributed by atoms with Gasteiger partial charge in [-0.2, -0.15) is 4.98 Å². The van der Waals surface area contributed by atoms with Crippen LogP contribution in [0.25, 0.3) is 22.2 Å². The number of aldehydes is 1. The molecule has 7 heteroatoms. The molecule has 0 radical (unpaired) electrons. The van der Waals surface area contributed by atoms with Crippen LogP contribution in [0.5, 0.6) is 0 Å². The number of hydrogen-bond donors (Lipinski definition) is 1. The number of carbonyl (C=O) groups excluding carboxylic acids is 1. The molecule has 0 aliphatic carbocycles. The Labute approximate surface area is 160 Å². The van der Waals surface area contributed by atoms with Crippen LogP contribution in [0.1, 0.15) is 43.9 Å². The summed E-state index contributed by atoms with van der Waals surface area (Å²) in [4.78, 5) is 28.0. The van der Waals surface area contributed by atoms with Gasteiger partial charge in [0.2, 0.25) is 5.82 Å². The average molecular weight is 384 g/mol. The van der Waals surface area contributed by atoms with Gasteiger partial charge in [0.1, 0.15) is 0 Å². The molecule has 3 rings (SSSR count). The van der Waals surface area contributed by atoms with Gasteiger partial charge in [-0.15, -0.1) is 11.3 Å². The van der Waals surface area contributed by atoms with Gasteiger partial charge in [0.25, 0.3) is 5.89 Å². The normalized spacial score (nSPS) is 11.0. The summed E-state index contributed by atoms with van der Waals surface area (Å²) in [5.41, 5.74) is 5.76. The molecule has 2 aromatic heterocycles. The van der Waals surface area contributed by atoms with E-state index >= 15 is 0 Å². The van der Waals surface area contributed by atoms with E-state index in [1.165, 1.54) is 11.3 Å². The van der Waals surface area contributed by atoms with Crippen LogP contribution in [-0.2, 0) is 11.2 Å². The molecule has 27 heavy (non-hydrogen) atoms. The third-order valence-electron chi connectivity index (χ3n) is 4.76. The Hall–Kier alpha value is -2.80. The van der Waals surface area contributed by atoms with Gasteiger partial charge in [0.05, 0.1) is 9.75 Å². The lowest BCUT2D eigenvalue weighted by molar-refractivity contribution is -0.136. The van der Waals surface area contributed by atoms with Crippen molar-refractivity contribution in [3.8, 4) is 22.2 Å². The van der Waals surface area contributed by atoms with Crippen molar-refractivity contribution in [3.05, 3.63) is 44.8 Å². The molecule has 0 saturated heterocycles. The third-order valence-corrected chi connectivity index (χ3v) is 6.06. The molecule has 0 fully saturated rings. The van der Waals surface area contributed by atoms with Crippen molar-refractivity contribution in [3.63, 3.8) is 0 Å². The second-order valence-corrected chi connectivity index (χ2v) is 7.62. The van der Waals surface area contributed by atoms with E-state index in [4.69, 9.17) is 9.63 Å². The number of carbonyl (C=O) groups is 2. The first-order valence-electron chi connectivity index (χ1n) is 8.53. The van der Waals surface area contributed by atoms with Crippen LogP contribution in [0, 0.1) is 27.7 Å². The SMILES string of the molecule is Cc1cc(-c2noc(-c3sc(C=O)c(C)c3C)n2)cc(C)c1CCC(=O)O. The summed E-state index contributed by atoms with van der Waals surface area (Å²) in [6.07, 6.45) is 1.44. The first-order valence-corrected chi connectivity index (χ1v) is 9.35. The summed E-state index contributed by atoms with van der Waals surface area (Å²) in [5.74, 6) is 0.0602. The summed E-state index contributed by atoms with van der Waals surface area (Å²) >= 11 is 1.35. The van der Waals surface area contributed by atoms with Crippen molar-refractivity contribution in [1.29, 1.82) is 0 Å². The molecule has 0 aliphatic rings. The van der Waals surface area contributed by atoms with Crippen LogP contribution in [0.3, 0.4) is 0 Å². The zero-order chi connectivity index (χ0) is 19.7. The van der Waals surface area contributed by atoms with Crippen molar-refractivity contribution in [1.82, 2.24) is 10.1 Å². The predicted octanol–water partition coefficient (Wildman–Crippen LogP) is 4.53. The summed E-state index contributed by atoms with van der Waals surface area (Å²) in [6.45, 7) is 7.75. The second kappa shape index (κ2) is 7.44. The molecular formula is C20H20N2O4S. The Bertz CT molecular complexity index is 1010. The number of aromatic nitrogens is 2. The third kappa shape index (κ3) is 3.68. The molecule has 0 bridgehead atoms. The minimum absolute atomic E-state index is 0.101. The van der Waals surface area contributed by atoms with Crippen LogP contribution in [0.2, 0.25) is 0 Å². The number of rotatable bonds is 6.